The van der Waals surface area contributed by atoms with E-state index in [1.54, 1.807) is 30.6 Å². The molecule has 0 aliphatic rings. The maximum Gasteiger partial charge on any atom is 0.329 e. The van der Waals surface area contributed by atoms with Crippen molar-refractivity contribution in [2.75, 3.05) is 0 Å². The molecule has 4 aromatic rings. The lowest BCUT2D eigenvalue weighted by molar-refractivity contribution is 0.0915. The zero-order valence-corrected chi connectivity index (χ0v) is 20.9. The molecule has 0 aromatic carbocycles. The summed E-state index contributed by atoms with van der Waals surface area (Å²) in [7, 11) is 0. The van der Waals surface area contributed by atoms with Crippen molar-refractivity contribution in [2.24, 2.45) is 5.92 Å². The lowest BCUT2D eigenvalue weighted by Gasteiger charge is -2.20. The van der Waals surface area contributed by atoms with Gasteiger partial charge in [0.05, 0.1) is 10.9 Å². The third-order valence-corrected chi connectivity index (χ3v) is 5.85. The van der Waals surface area contributed by atoms with E-state index in [0.29, 0.717) is 24.5 Å². The lowest BCUT2D eigenvalue weighted by atomic mass is 10.0. The van der Waals surface area contributed by atoms with Crippen LogP contribution in [0.25, 0.3) is 22.4 Å². The van der Waals surface area contributed by atoms with Crippen molar-refractivity contribution in [1.82, 2.24) is 35.0 Å². The molecule has 0 aliphatic heterocycles. The number of hydrogen-bond donors (Lipinski definition) is 2. The second-order valence-electron chi connectivity index (χ2n) is 9.25. The molecule has 4 heterocycles. The number of fused-ring (bicyclic) bond motifs is 1. The molecule has 0 saturated carbocycles. The highest BCUT2D eigenvalue weighted by Crippen LogP contribution is 2.25. The van der Waals surface area contributed by atoms with Crippen LogP contribution in [0, 0.1) is 5.92 Å². The summed E-state index contributed by atoms with van der Waals surface area (Å²) in [6, 6.07) is 4.50. The van der Waals surface area contributed by atoms with Gasteiger partial charge in [-0.05, 0) is 36.5 Å². The van der Waals surface area contributed by atoms with Gasteiger partial charge in [-0.3, -0.25) is 24.1 Å². The number of aromatic nitrogens is 6. The first-order chi connectivity index (χ1) is 17.2. The number of aryl methyl sites for hydroxylation is 1. The Kier molecular flexibility index (Phi) is 7.09. The molecule has 0 radical (unpaired) electrons. The van der Waals surface area contributed by atoms with E-state index < -0.39 is 23.2 Å². The van der Waals surface area contributed by atoms with Gasteiger partial charge in [-0.25, -0.2) is 9.78 Å². The number of nitrogens with zero attached hydrogens (tertiary/aromatic N) is 5. The molecule has 4 rings (SSSR count). The summed E-state index contributed by atoms with van der Waals surface area (Å²) in [5, 5.41) is 7.06. The fourth-order valence-corrected chi connectivity index (χ4v) is 3.91. The van der Waals surface area contributed by atoms with Gasteiger partial charge in [-0.2, -0.15) is 4.98 Å². The van der Waals surface area contributed by atoms with Gasteiger partial charge >= 0.3 is 5.69 Å². The molecule has 0 spiro atoms. The maximum absolute atomic E-state index is 13.6. The fourth-order valence-electron chi connectivity index (χ4n) is 3.91. The van der Waals surface area contributed by atoms with Crippen LogP contribution in [-0.4, -0.2) is 35.6 Å². The van der Waals surface area contributed by atoms with Crippen molar-refractivity contribution in [2.45, 2.75) is 59.5 Å². The first-order valence-corrected chi connectivity index (χ1v) is 11.9. The number of hydrogen-bond acceptors (Lipinski definition) is 8. The van der Waals surface area contributed by atoms with E-state index >= 15 is 0 Å². The molecule has 11 heteroatoms. The van der Waals surface area contributed by atoms with Crippen LogP contribution in [0.4, 0.5) is 0 Å². The number of carbonyl (C=O) groups is 1. The maximum atomic E-state index is 13.6. The standard InChI is InChI=1S/C25H29N7O4/c1-6-11-32-21-18(23(34)30-25(32)35)16(12-17(27-21)13(2)3)22(33)28-19(14(4)5)24-29-20(31-36-24)15-7-9-26-10-8-15/h7-10,12-14,19H,6,11H2,1-5H3,(H,28,33)(H,30,34,35). The summed E-state index contributed by atoms with van der Waals surface area (Å²) in [5.41, 5.74) is 0.449. The van der Waals surface area contributed by atoms with E-state index in [1.165, 1.54) is 4.57 Å². The van der Waals surface area contributed by atoms with Crippen LogP contribution in [0.2, 0.25) is 0 Å². The topological polar surface area (TPSA) is 149 Å². The van der Waals surface area contributed by atoms with Gasteiger partial charge < -0.3 is 9.84 Å². The molecule has 0 aliphatic carbocycles. The molecule has 0 fully saturated rings. The second-order valence-corrected chi connectivity index (χ2v) is 9.25. The number of pyridine rings is 2. The predicted molar refractivity (Wildman–Crippen MR) is 134 cm³/mol. The Balaban J connectivity index is 1.79. The molecule has 36 heavy (non-hydrogen) atoms. The highest BCUT2D eigenvalue weighted by molar-refractivity contribution is 6.05. The summed E-state index contributed by atoms with van der Waals surface area (Å²) in [4.78, 5) is 54.4. The number of carbonyl (C=O) groups excluding carboxylic acids is 1. The van der Waals surface area contributed by atoms with Crippen molar-refractivity contribution in [3.05, 3.63) is 68.6 Å². The summed E-state index contributed by atoms with van der Waals surface area (Å²) in [6.45, 7) is 9.97. The number of rotatable bonds is 8. The van der Waals surface area contributed by atoms with Gasteiger partial charge in [0.2, 0.25) is 11.7 Å². The van der Waals surface area contributed by atoms with Gasteiger partial charge in [0.1, 0.15) is 6.04 Å². The van der Waals surface area contributed by atoms with Crippen molar-refractivity contribution < 1.29 is 9.32 Å². The number of H-pyrrole nitrogens is 1. The van der Waals surface area contributed by atoms with Crippen LogP contribution < -0.4 is 16.6 Å². The largest absolute Gasteiger partial charge is 0.340 e. The predicted octanol–water partition coefficient (Wildman–Crippen LogP) is 3.19. The normalized spacial score (nSPS) is 12.4. The number of amides is 1. The zero-order chi connectivity index (χ0) is 26.0. The van der Waals surface area contributed by atoms with Crippen molar-refractivity contribution in [1.29, 1.82) is 0 Å². The molecule has 1 unspecified atom stereocenters. The first kappa shape index (κ1) is 25.0. The molecule has 11 nitrogen and oxygen atoms in total. The first-order valence-electron chi connectivity index (χ1n) is 11.9. The van der Waals surface area contributed by atoms with E-state index in [0.717, 1.165) is 5.56 Å². The fraction of sp³-hybridized carbons (Fsp3) is 0.400. The minimum atomic E-state index is -0.658. The molecular weight excluding hydrogens is 462 g/mol. The van der Waals surface area contributed by atoms with E-state index in [4.69, 9.17) is 4.52 Å². The van der Waals surface area contributed by atoms with Crippen molar-refractivity contribution in [3.8, 4) is 11.4 Å². The van der Waals surface area contributed by atoms with E-state index in [-0.39, 0.29) is 34.3 Å². The summed E-state index contributed by atoms with van der Waals surface area (Å²) >= 11 is 0. The van der Waals surface area contributed by atoms with Crippen LogP contribution in [0.1, 0.15) is 74.9 Å². The average molecular weight is 492 g/mol. The minimum Gasteiger partial charge on any atom is -0.340 e. The smallest absolute Gasteiger partial charge is 0.329 e. The van der Waals surface area contributed by atoms with Gasteiger partial charge in [-0.15, -0.1) is 0 Å². The Morgan fingerprint density at radius 2 is 1.86 bits per heavy atom. The molecule has 0 saturated heterocycles. The van der Waals surface area contributed by atoms with E-state index in [9.17, 15) is 14.4 Å². The summed E-state index contributed by atoms with van der Waals surface area (Å²) in [5.74, 6) is -0.0221. The monoisotopic (exact) mass is 491 g/mol. The molecule has 1 amide bonds. The van der Waals surface area contributed by atoms with Crippen LogP contribution >= 0.6 is 0 Å². The quantitative estimate of drug-likeness (QED) is 0.382. The highest BCUT2D eigenvalue weighted by Gasteiger charge is 2.28. The molecule has 188 valence electrons. The number of nitrogens with one attached hydrogen (secondary N) is 2. The van der Waals surface area contributed by atoms with E-state index in [1.807, 2.05) is 34.6 Å². The summed E-state index contributed by atoms with van der Waals surface area (Å²) < 4.78 is 6.90. The molecule has 0 bridgehead atoms. The Bertz CT molecular complexity index is 1500. The van der Waals surface area contributed by atoms with E-state index in [2.05, 4.69) is 30.4 Å². The zero-order valence-electron chi connectivity index (χ0n) is 20.9. The Morgan fingerprint density at radius 1 is 1.14 bits per heavy atom. The molecular formula is C25H29N7O4. The highest BCUT2D eigenvalue weighted by atomic mass is 16.5. The third kappa shape index (κ3) is 4.81. The van der Waals surface area contributed by atoms with Gasteiger partial charge in [-0.1, -0.05) is 39.8 Å². The Morgan fingerprint density at radius 3 is 2.50 bits per heavy atom. The van der Waals surface area contributed by atoms with Crippen LogP contribution in [-0.2, 0) is 6.54 Å². The molecule has 4 aromatic heterocycles. The molecule has 2 N–H and O–H groups in total. The van der Waals surface area contributed by atoms with Gasteiger partial charge in [0, 0.05) is 30.2 Å². The Labute approximate surface area is 207 Å². The summed E-state index contributed by atoms with van der Waals surface area (Å²) in [6.07, 6.45) is 3.91. The van der Waals surface area contributed by atoms with Crippen LogP contribution in [0.5, 0.6) is 0 Å². The third-order valence-electron chi connectivity index (χ3n) is 5.85. The van der Waals surface area contributed by atoms with Crippen molar-refractivity contribution in [3.63, 3.8) is 0 Å². The van der Waals surface area contributed by atoms with Crippen LogP contribution in [0.3, 0.4) is 0 Å². The SMILES string of the molecule is CCCn1c(=O)[nH]c(=O)c2c(C(=O)NC(c3nc(-c4ccncc4)no3)C(C)C)cc(C(C)C)nc21. The van der Waals surface area contributed by atoms with Crippen molar-refractivity contribution >= 4 is 16.9 Å². The Hall–Kier alpha value is -4.15. The minimum absolute atomic E-state index is 0.0369. The van der Waals surface area contributed by atoms with Gasteiger partial charge in [0.25, 0.3) is 11.5 Å². The van der Waals surface area contributed by atoms with Gasteiger partial charge in [0.15, 0.2) is 5.65 Å². The van der Waals surface area contributed by atoms with Crippen LogP contribution in [0.15, 0.2) is 44.7 Å². The molecule has 1 atom stereocenters. The lowest BCUT2D eigenvalue weighted by Crippen LogP contribution is -2.35. The number of aromatic amines is 1. The average Bonchev–Trinajstić information content (AvgIpc) is 3.34. The second kappa shape index (κ2) is 10.2.